The van der Waals surface area contributed by atoms with E-state index in [2.05, 4.69) is 0 Å². The van der Waals surface area contributed by atoms with Crippen molar-refractivity contribution < 1.29 is 27.9 Å². The summed E-state index contributed by atoms with van der Waals surface area (Å²) in [5.41, 5.74) is 1.32. The van der Waals surface area contributed by atoms with Crippen molar-refractivity contribution in [2.24, 2.45) is 5.92 Å². The Morgan fingerprint density at radius 2 is 1.68 bits per heavy atom. The van der Waals surface area contributed by atoms with Gasteiger partial charge in [-0.05, 0) is 62.1 Å². The Kier molecular flexibility index (Phi) is 9.00. The molecule has 1 saturated heterocycles. The number of hydrogen-bond acceptors (Lipinski definition) is 5. The second kappa shape index (κ2) is 11.3. The number of benzene rings is 2. The molecular weight excluding hydrogens is 537 g/mol. The van der Waals surface area contributed by atoms with E-state index in [1.54, 1.807) is 69.3 Å². The zero-order chi connectivity index (χ0) is 27.7. The van der Waals surface area contributed by atoms with Crippen LogP contribution in [0.25, 0.3) is 0 Å². The summed E-state index contributed by atoms with van der Waals surface area (Å²) in [7, 11) is -3.65. The molecule has 0 aromatic heterocycles. The molecule has 37 heavy (non-hydrogen) atoms. The summed E-state index contributed by atoms with van der Waals surface area (Å²) >= 11 is 12.4. The van der Waals surface area contributed by atoms with Gasteiger partial charge in [0.25, 0.3) is 5.91 Å². The highest BCUT2D eigenvalue weighted by molar-refractivity contribution is 7.92. The Morgan fingerprint density at radius 1 is 1.05 bits per heavy atom. The lowest BCUT2D eigenvalue weighted by Gasteiger charge is -2.49. The summed E-state index contributed by atoms with van der Waals surface area (Å²) in [6, 6.07) is 12.4. The topological polar surface area (TPSA) is 101 Å². The fraction of sp³-hybridized carbons (Fsp3) is 0.481. The minimum atomic E-state index is -3.65. The van der Waals surface area contributed by atoms with Gasteiger partial charge in [-0.25, -0.2) is 8.42 Å². The molecule has 7 nitrogen and oxygen atoms in total. The van der Waals surface area contributed by atoms with Gasteiger partial charge >= 0.3 is 5.97 Å². The lowest BCUT2D eigenvalue weighted by molar-refractivity contribution is -0.184. The predicted molar refractivity (Wildman–Crippen MR) is 145 cm³/mol. The Labute approximate surface area is 228 Å². The van der Waals surface area contributed by atoms with Crippen LogP contribution in [0, 0.1) is 5.92 Å². The normalized spacial score (nSPS) is 21.8. The Balaban J connectivity index is 2.26. The van der Waals surface area contributed by atoms with Crippen molar-refractivity contribution >= 4 is 44.9 Å². The van der Waals surface area contributed by atoms with Crippen molar-refractivity contribution in [1.82, 2.24) is 4.90 Å². The van der Waals surface area contributed by atoms with Gasteiger partial charge in [0.05, 0.1) is 23.0 Å². The maximum atomic E-state index is 13.9. The summed E-state index contributed by atoms with van der Waals surface area (Å²) in [6.45, 7) is 8.58. The van der Waals surface area contributed by atoms with Gasteiger partial charge in [-0.15, -0.1) is 0 Å². The standard InChI is InChI=1S/C27H33Cl2NO6S/c1-16(2)21(15-37(34,35)27(3,4)5)30-24(17-9-11-19(28)12-10-17)25(18-7-6-8-20(29)13-18)36-22(26(30)33)14-23(31)32/h6-13,16,21-22,24-25H,14-15H2,1-5H3,(H,31,32)/t21-,22?,24?,25+/m0/s1. The van der Waals surface area contributed by atoms with Gasteiger partial charge in [0.15, 0.2) is 9.84 Å². The quantitative estimate of drug-likeness (QED) is 0.436. The van der Waals surface area contributed by atoms with E-state index in [9.17, 15) is 23.1 Å². The minimum absolute atomic E-state index is 0.264. The maximum absolute atomic E-state index is 13.9. The van der Waals surface area contributed by atoms with Gasteiger partial charge in [0.2, 0.25) is 0 Å². The number of amides is 1. The van der Waals surface area contributed by atoms with Crippen LogP contribution in [0.15, 0.2) is 48.5 Å². The second-order valence-corrected chi connectivity index (χ2v) is 14.3. The number of halogens is 2. The monoisotopic (exact) mass is 569 g/mol. The van der Waals surface area contributed by atoms with E-state index < -0.39 is 57.2 Å². The van der Waals surface area contributed by atoms with Crippen LogP contribution in [0.1, 0.15) is 64.3 Å². The van der Waals surface area contributed by atoms with E-state index in [1.165, 1.54) is 4.90 Å². The summed E-state index contributed by atoms with van der Waals surface area (Å²) in [5, 5.41) is 10.5. The van der Waals surface area contributed by atoms with Gasteiger partial charge in [-0.2, -0.15) is 0 Å². The SMILES string of the molecule is CC(C)[C@H](CS(=O)(=O)C(C)(C)C)N1C(=O)C(CC(=O)O)O[C@H](c2cccc(Cl)c2)C1c1ccc(Cl)cc1. The fourth-order valence-corrected chi connectivity index (χ4v) is 6.25. The molecule has 1 heterocycles. The number of carbonyl (C=O) groups is 2. The molecular formula is C27H33Cl2NO6S. The molecule has 2 unspecified atom stereocenters. The smallest absolute Gasteiger partial charge is 0.306 e. The number of ether oxygens (including phenoxy) is 1. The number of rotatable bonds is 8. The average molecular weight is 571 g/mol. The molecule has 3 rings (SSSR count). The third kappa shape index (κ3) is 6.66. The van der Waals surface area contributed by atoms with Crippen LogP contribution in [0.3, 0.4) is 0 Å². The second-order valence-electron chi connectivity index (χ2n) is 10.6. The third-order valence-corrected chi connectivity index (χ3v) is 9.76. The highest BCUT2D eigenvalue weighted by Gasteiger charge is 2.49. The molecule has 1 amide bonds. The largest absolute Gasteiger partial charge is 0.481 e. The number of aliphatic carboxylic acids is 1. The summed E-state index contributed by atoms with van der Waals surface area (Å²) in [6.07, 6.45) is -2.67. The molecule has 1 aliphatic heterocycles. The van der Waals surface area contributed by atoms with Crippen LogP contribution < -0.4 is 0 Å². The zero-order valence-electron chi connectivity index (χ0n) is 21.5. The van der Waals surface area contributed by atoms with Crippen LogP contribution in [0.2, 0.25) is 10.0 Å². The first-order valence-corrected chi connectivity index (χ1v) is 14.5. The van der Waals surface area contributed by atoms with Crippen molar-refractivity contribution in [2.75, 3.05) is 5.75 Å². The van der Waals surface area contributed by atoms with Gasteiger partial charge in [0.1, 0.15) is 12.2 Å². The van der Waals surface area contributed by atoms with Crippen molar-refractivity contribution in [1.29, 1.82) is 0 Å². The van der Waals surface area contributed by atoms with Crippen LogP contribution in [-0.4, -0.2) is 52.9 Å². The molecule has 2 aromatic carbocycles. The Hall–Kier alpha value is -2.13. The molecule has 0 saturated carbocycles. The molecule has 202 valence electrons. The van der Waals surface area contributed by atoms with Crippen molar-refractivity contribution in [3.8, 4) is 0 Å². The predicted octanol–water partition coefficient (Wildman–Crippen LogP) is 5.72. The van der Waals surface area contributed by atoms with Gasteiger partial charge < -0.3 is 14.7 Å². The number of carboxylic acids is 1. The third-order valence-electron chi connectivity index (χ3n) is 6.63. The molecule has 0 spiro atoms. The van der Waals surface area contributed by atoms with Gasteiger partial charge in [-0.3, -0.25) is 9.59 Å². The molecule has 1 aliphatic rings. The minimum Gasteiger partial charge on any atom is -0.481 e. The van der Waals surface area contributed by atoms with Crippen molar-refractivity contribution in [3.05, 3.63) is 69.7 Å². The van der Waals surface area contributed by atoms with Gasteiger partial charge in [-0.1, -0.05) is 61.3 Å². The van der Waals surface area contributed by atoms with Crippen LogP contribution in [-0.2, 0) is 24.2 Å². The highest BCUT2D eigenvalue weighted by Crippen LogP contribution is 2.45. The van der Waals surface area contributed by atoms with E-state index in [-0.39, 0.29) is 11.7 Å². The number of hydrogen-bond donors (Lipinski definition) is 1. The number of carbonyl (C=O) groups excluding carboxylic acids is 1. The summed E-state index contributed by atoms with van der Waals surface area (Å²) < 4.78 is 31.9. The molecule has 1 fully saturated rings. The Bertz CT molecular complexity index is 1240. The molecule has 4 atom stereocenters. The number of nitrogens with zero attached hydrogens (tertiary/aromatic N) is 1. The van der Waals surface area contributed by atoms with Crippen molar-refractivity contribution in [2.45, 2.75) is 70.1 Å². The maximum Gasteiger partial charge on any atom is 0.306 e. The number of sulfone groups is 1. The summed E-state index contributed by atoms with van der Waals surface area (Å²) in [5.74, 6) is -2.31. The van der Waals surface area contributed by atoms with E-state index in [1.807, 2.05) is 13.8 Å². The molecule has 10 heteroatoms. The van der Waals surface area contributed by atoms with E-state index in [0.29, 0.717) is 21.2 Å². The summed E-state index contributed by atoms with van der Waals surface area (Å²) in [4.78, 5) is 27.1. The first kappa shape index (κ1) is 29.4. The zero-order valence-corrected chi connectivity index (χ0v) is 23.8. The fourth-order valence-electron chi connectivity index (χ4n) is 4.43. The van der Waals surface area contributed by atoms with E-state index in [0.717, 1.165) is 0 Å². The lowest BCUT2D eigenvalue weighted by Crippen LogP contribution is -2.58. The lowest BCUT2D eigenvalue weighted by atomic mass is 9.88. The first-order valence-electron chi connectivity index (χ1n) is 12.0. The van der Waals surface area contributed by atoms with E-state index in [4.69, 9.17) is 27.9 Å². The average Bonchev–Trinajstić information content (AvgIpc) is 2.78. The molecule has 1 N–H and O–H groups in total. The Morgan fingerprint density at radius 3 is 2.19 bits per heavy atom. The van der Waals surface area contributed by atoms with Crippen LogP contribution in [0.5, 0.6) is 0 Å². The first-order chi connectivity index (χ1) is 17.1. The number of morpholine rings is 1. The molecule has 0 radical (unpaired) electrons. The highest BCUT2D eigenvalue weighted by atomic mass is 35.5. The number of carboxylic acid groups (broad SMARTS) is 1. The molecule has 2 aromatic rings. The van der Waals surface area contributed by atoms with Crippen LogP contribution in [0.4, 0.5) is 0 Å². The van der Waals surface area contributed by atoms with E-state index >= 15 is 0 Å². The molecule has 0 bridgehead atoms. The van der Waals surface area contributed by atoms with Crippen LogP contribution >= 0.6 is 23.2 Å². The molecule has 0 aliphatic carbocycles. The van der Waals surface area contributed by atoms with Crippen molar-refractivity contribution in [3.63, 3.8) is 0 Å². The van der Waals surface area contributed by atoms with Gasteiger partial charge in [0, 0.05) is 16.1 Å².